The third kappa shape index (κ3) is 6.20. The van der Waals surface area contributed by atoms with Crippen molar-refractivity contribution >= 4 is 57.2 Å². The van der Waals surface area contributed by atoms with E-state index in [1.54, 1.807) is 6.08 Å². The van der Waals surface area contributed by atoms with Crippen LogP contribution in [0.2, 0.25) is 0 Å². The van der Waals surface area contributed by atoms with Gasteiger partial charge in [0.25, 0.3) is 5.91 Å². The first kappa shape index (κ1) is 23.1. The van der Waals surface area contributed by atoms with Crippen LogP contribution in [0.15, 0.2) is 48.0 Å². The summed E-state index contributed by atoms with van der Waals surface area (Å²) in [7, 11) is 0. The summed E-state index contributed by atoms with van der Waals surface area (Å²) in [5, 5.41) is 12.6. The van der Waals surface area contributed by atoms with Crippen molar-refractivity contribution < 1.29 is 9.53 Å². The molecule has 1 N–H and O–H groups in total. The molecule has 2 atom stereocenters. The summed E-state index contributed by atoms with van der Waals surface area (Å²) >= 11 is 4.47. The molecule has 3 rings (SSSR count). The molecule has 1 fully saturated rings. The minimum atomic E-state index is -0.286. The zero-order valence-corrected chi connectivity index (χ0v) is 21.1. The number of hydrogen-bond donors (Lipinski definition) is 1. The van der Waals surface area contributed by atoms with E-state index in [9.17, 15) is 10.1 Å². The number of amides is 1. The van der Waals surface area contributed by atoms with Gasteiger partial charge in [0.15, 0.2) is 0 Å². The normalized spacial score (nSPS) is 19.1. The van der Waals surface area contributed by atoms with Crippen molar-refractivity contribution in [3.8, 4) is 11.8 Å². The van der Waals surface area contributed by atoms with Gasteiger partial charge in [0.2, 0.25) is 0 Å². The largest absolute Gasteiger partial charge is 0.487 e. The Labute approximate surface area is 205 Å². The van der Waals surface area contributed by atoms with E-state index in [-0.39, 0.29) is 17.5 Å². The van der Waals surface area contributed by atoms with Crippen molar-refractivity contribution in [2.75, 3.05) is 0 Å². The summed E-state index contributed by atoms with van der Waals surface area (Å²) in [6, 6.07) is 16.1. The van der Waals surface area contributed by atoms with Gasteiger partial charge in [-0.1, -0.05) is 50.1 Å². The molecular formula is C24H24I2N2O2. The maximum atomic E-state index is 12.7. The molecule has 1 aliphatic carbocycles. The average Bonchev–Trinajstić information content (AvgIpc) is 2.73. The fourth-order valence-electron chi connectivity index (χ4n) is 3.62. The maximum absolute atomic E-state index is 12.7. The Balaban J connectivity index is 1.73. The van der Waals surface area contributed by atoms with Crippen LogP contribution in [0.5, 0.6) is 5.75 Å². The average molecular weight is 626 g/mol. The second kappa shape index (κ2) is 11.1. The van der Waals surface area contributed by atoms with Crippen LogP contribution < -0.4 is 10.1 Å². The molecule has 0 aromatic heterocycles. The molecule has 0 unspecified atom stereocenters. The van der Waals surface area contributed by atoms with Crippen molar-refractivity contribution in [3.05, 3.63) is 66.3 Å². The highest BCUT2D eigenvalue weighted by Gasteiger charge is 2.24. The highest BCUT2D eigenvalue weighted by atomic mass is 127. The van der Waals surface area contributed by atoms with Crippen LogP contribution in [0.1, 0.15) is 43.7 Å². The van der Waals surface area contributed by atoms with E-state index in [2.05, 4.69) is 63.5 Å². The summed E-state index contributed by atoms with van der Waals surface area (Å²) in [5.41, 5.74) is 2.06. The lowest BCUT2D eigenvalue weighted by Crippen LogP contribution is -2.41. The molecule has 0 aliphatic heterocycles. The predicted molar refractivity (Wildman–Crippen MR) is 136 cm³/mol. The Bertz CT molecular complexity index is 944. The molecule has 0 radical (unpaired) electrons. The Morgan fingerprint density at radius 3 is 2.50 bits per heavy atom. The summed E-state index contributed by atoms with van der Waals surface area (Å²) in [6.07, 6.45) is 6.10. The van der Waals surface area contributed by atoms with E-state index in [0.717, 1.165) is 43.3 Å². The van der Waals surface area contributed by atoms with Gasteiger partial charge in [-0.05, 0) is 93.3 Å². The van der Waals surface area contributed by atoms with E-state index < -0.39 is 0 Å². The Morgan fingerprint density at radius 2 is 1.87 bits per heavy atom. The fraction of sp³-hybridized carbons (Fsp3) is 0.333. The highest BCUT2D eigenvalue weighted by molar-refractivity contribution is 14.1. The van der Waals surface area contributed by atoms with Crippen LogP contribution in [0.25, 0.3) is 6.08 Å². The van der Waals surface area contributed by atoms with Crippen LogP contribution in [0.3, 0.4) is 0 Å². The van der Waals surface area contributed by atoms with Crippen molar-refractivity contribution in [3.63, 3.8) is 0 Å². The van der Waals surface area contributed by atoms with Gasteiger partial charge in [-0.25, -0.2) is 0 Å². The molecule has 1 aliphatic rings. The van der Waals surface area contributed by atoms with Crippen molar-refractivity contribution in [1.82, 2.24) is 5.32 Å². The lowest BCUT2D eigenvalue weighted by molar-refractivity contribution is -0.118. The quantitative estimate of drug-likeness (QED) is 0.241. The van der Waals surface area contributed by atoms with Gasteiger partial charge in [0.05, 0.1) is 7.14 Å². The number of nitrogens with zero attached hydrogens (tertiary/aromatic N) is 1. The first-order chi connectivity index (χ1) is 14.5. The summed E-state index contributed by atoms with van der Waals surface area (Å²) < 4.78 is 7.91. The van der Waals surface area contributed by atoms with Gasteiger partial charge in [-0.15, -0.1) is 0 Å². The first-order valence-corrected chi connectivity index (χ1v) is 12.2. The standard InChI is InChI=1S/C24H24I2N2O2/c1-16-7-5-6-10-22(16)28-24(29)19(14-27)11-18-12-20(25)23(21(26)13-18)30-15-17-8-3-2-4-9-17/h2-4,8-9,11-13,16,22H,5-7,10,15H2,1H3,(H,28,29)/b19-11+/t16-,22-/m1/s1. The van der Waals surface area contributed by atoms with E-state index in [1.165, 1.54) is 6.42 Å². The molecule has 1 amide bonds. The second-order valence-electron chi connectivity index (χ2n) is 7.60. The van der Waals surface area contributed by atoms with Gasteiger partial charge in [-0.2, -0.15) is 5.26 Å². The number of benzene rings is 2. The van der Waals surface area contributed by atoms with Crippen LogP contribution >= 0.6 is 45.2 Å². The Kier molecular flexibility index (Phi) is 8.57. The third-order valence-corrected chi connectivity index (χ3v) is 6.95. The second-order valence-corrected chi connectivity index (χ2v) is 9.92. The topological polar surface area (TPSA) is 62.1 Å². The summed E-state index contributed by atoms with van der Waals surface area (Å²) in [5.74, 6) is 0.979. The molecule has 2 aromatic carbocycles. The number of halogens is 2. The Morgan fingerprint density at radius 1 is 1.20 bits per heavy atom. The number of carbonyl (C=O) groups is 1. The van der Waals surface area contributed by atoms with Crippen molar-refractivity contribution in [2.24, 2.45) is 5.92 Å². The van der Waals surface area contributed by atoms with Crippen LogP contribution in [-0.2, 0) is 11.4 Å². The lowest BCUT2D eigenvalue weighted by atomic mass is 9.86. The van der Waals surface area contributed by atoms with Crippen LogP contribution in [0.4, 0.5) is 0 Å². The lowest BCUT2D eigenvalue weighted by Gasteiger charge is -2.29. The van der Waals surface area contributed by atoms with Gasteiger partial charge < -0.3 is 10.1 Å². The number of nitriles is 1. The molecule has 30 heavy (non-hydrogen) atoms. The molecule has 0 bridgehead atoms. The number of nitrogens with one attached hydrogen (secondary N) is 1. The molecular weight excluding hydrogens is 602 g/mol. The Hall–Kier alpha value is -1.60. The molecule has 6 heteroatoms. The van der Waals surface area contributed by atoms with Gasteiger partial charge in [-0.3, -0.25) is 4.79 Å². The van der Waals surface area contributed by atoms with Crippen molar-refractivity contribution in [1.29, 1.82) is 5.26 Å². The molecule has 0 spiro atoms. The van der Waals surface area contributed by atoms with Crippen LogP contribution in [0, 0.1) is 24.4 Å². The number of carbonyl (C=O) groups excluding carboxylic acids is 1. The molecule has 0 saturated heterocycles. The molecule has 0 heterocycles. The zero-order chi connectivity index (χ0) is 21.5. The van der Waals surface area contributed by atoms with Crippen molar-refractivity contribution in [2.45, 2.75) is 45.3 Å². The molecule has 1 saturated carbocycles. The number of hydrogen-bond acceptors (Lipinski definition) is 3. The van der Waals surface area contributed by atoms with Crippen LogP contribution in [-0.4, -0.2) is 11.9 Å². The van der Waals surface area contributed by atoms with E-state index >= 15 is 0 Å². The molecule has 156 valence electrons. The minimum absolute atomic E-state index is 0.136. The van der Waals surface area contributed by atoms with E-state index in [1.807, 2.05) is 42.5 Å². The van der Waals surface area contributed by atoms with Gasteiger partial charge >= 0.3 is 0 Å². The summed E-state index contributed by atoms with van der Waals surface area (Å²) in [6.45, 7) is 2.66. The summed E-state index contributed by atoms with van der Waals surface area (Å²) in [4.78, 5) is 12.7. The SMILES string of the molecule is C[C@@H]1CCCC[C@H]1NC(=O)/C(C#N)=C/c1cc(I)c(OCc2ccccc2)c(I)c1. The highest BCUT2D eigenvalue weighted by Crippen LogP contribution is 2.31. The number of ether oxygens (including phenoxy) is 1. The molecule has 2 aromatic rings. The predicted octanol–water partition coefficient (Wildman–Crippen LogP) is 6.08. The number of rotatable bonds is 6. The van der Waals surface area contributed by atoms with E-state index in [4.69, 9.17) is 4.74 Å². The van der Waals surface area contributed by atoms with Gasteiger partial charge in [0.1, 0.15) is 24.0 Å². The monoisotopic (exact) mass is 626 g/mol. The fourth-order valence-corrected chi connectivity index (χ4v) is 5.75. The first-order valence-electron chi connectivity index (χ1n) is 10.1. The zero-order valence-electron chi connectivity index (χ0n) is 16.8. The maximum Gasteiger partial charge on any atom is 0.262 e. The van der Waals surface area contributed by atoms with E-state index in [0.29, 0.717) is 12.5 Å². The third-order valence-electron chi connectivity index (χ3n) is 5.35. The minimum Gasteiger partial charge on any atom is -0.487 e. The van der Waals surface area contributed by atoms with Gasteiger partial charge in [0, 0.05) is 6.04 Å². The molecule has 4 nitrogen and oxygen atoms in total. The smallest absolute Gasteiger partial charge is 0.262 e.